The quantitative estimate of drug-likeness (QED) is 0.461. The van der Waals surface area contributed by atoms with Crippen LogP contribution in [0, 0.1) is 0 Å². The molecule has 24 heavy (non-hydrogen) atoms. The lowest BCUT2D eigenvalue weighted by atomic mass is 10.1. The van der Waals surface area contributed by atoms with Crippen LogP contribution in [0.4, 0.5) is 0 Å². The Hall–Kier alpha value is -2.20. The second-order valence-corrected chi connectivity index (χ2v) is 5.87. The van der Waals surface area contributed by atoms with Crippen LogP contribution in [-0.2, 0) is 11.3 Å². The molecule has 4 heteroatoms. The summed E-state index contributed by atoms with van der Waals surface area (Å²) in [5.74, 6) is -0.715. The zero-order chi connectivity index (χ0) is 17.6. The van der Waals surface area contributed by atoms with Crippen molar-refractivity contribution >= 4 is 5.97 Å². The molecule has 1 rings (SSSR count). The molecule has 1 aromatic heterocycles. The van der Waals surface area contributed by atoms with Crippen molar-refractivity contribution in [1.29, 1.82) is 0 Å². The highest BCUT2D eigenvalue weighted by atomic mass is 16.4. The van der Waals surface area contributed by atoms with Gasteiger partial charge < -0.3 is 5.11 Å². The first kappa shape index (κ1) is 19.8. The molecule has 0 fully saturated rings. The van der Waals surface area contributed by atoms with Gasteiger partial charge in [0.15, 0.2) is 0 Å². The van der Waals surface area contributed by atoms with E-state index in [1.807, 2.05) is 36.5 Å². The van der Waals surface area contributed by atoms with E-state index in [1.54, 1.807) is 6.08 Å². The van der Waals surface area contributed by atoms with E-state index >= 15 is 0 Å². The first-order valence-corrected chi connectivity index (χ1v) is 8.40. The summed E-state index contributed by atoms with van der Waals surface area (Å²) in [6.45, 7) is 8.39. The Morgan fingerprint density at radius 2 is 2.12 bits per heavy atom. The molecule has 1 heterocycles. The zero-order valence-electron chi connectivity index (χ0n) is 14.5. The Morgan fingerprint density at radius 1 is 1.29 bits per heavy atom. The predicted octanol–water partition coefficient (Wildman–Crippen LogP) is 4.22. The second-order valence-electron chi connectivity index (χ2n) is 5.87. The fourth-order valence-corrected chi connectivity index (χ4v) is 2.43. The topological polar surface area (TPSA) is 53.4 Å². The lowest BCUT2D eigenvalue weighted by molar-refractivity contribution is -0.137. The number of carboxylic acid groups (broad SMARTS) is 1. The maximum atomic E-state index is 10.6. The van der Waals surface area contributed by atoms with Crippen LogP contribution in [0.2, 0.25) is 0 Å². The molecule has 0 unspecified atom stereocenters. The fourth-order valence-electron chi connectivity index (χ4n) is 2.43. The van der Waals surface area contributed by atoms with Crippen LogP contribution in [0.3, 0.4) is 0 Å². The number of carbonyl (C=O) groups is 1. The van der Waals surface area contributed by atoms with E-state index in [4.69, 9.17) is 5.11 Å². The minimum absolute atomic E-state index is 0.255. The van der Waals surface area contributed by atoms with E-state index in [9.17, 15) is 4.79 Å². The normalized spacial score (nSPS) is 12.0. The van der Waals surface area contributed by atoms with E-state index in [0.29, 0.717) is 0 Å². The predicted molar refractivity (Wildman–Crippen MR) is 98.7 cm³/mol. The van der Waals surface area contributed by atoms with Gasteiger partial charge in [-0.2, -0.15) is 0 Å². The minimum atomic E-state index is -0.715. The van der Waals surface area contributed by atoms with Crippen molar-refractivity contribution in [2.45, 2.75) is 39.2 Å². The third-order valence-corrected chi connectivity index (χ3v) is 3.58. The van der Waals surface area contributed by atoms with Gasteiger partial charge in [-0.05, 0) is 38.4 Å². The number of hydrogen-bond acceptors (Lipinski definition) is 3. The highest BCUT2D eigenvalue weighted by molar-refractivity contribution is 5.66. The van der Waals surface area contributed by atoms with Crippen LogP contribution < -0.4 is 0 Å². The molecule has 0 aliphatic carbocycles. The zero-order valence-corrected chi connectivity index (χ0v) is 14.5. The minimum Gasteiger partial charge on any atom is -0.481 e. The number of rotatable bonds is 12. The van der Waals surface area contributed by atoms with Gasteiger partial charge >= 0.3 is 5.97 Å². The van der Waals surface area contributed by atoms with Gasteiger partial charge in [-0.3, -0.25) is 14.7 Å². The molecule has 0 aromatic carbocycles. The summed E-state index contributed by atoms with van der Waals surface area (Å²) in [5.41, 5.74) is 2.33. The van der Waals surface area contributed by atoms with Gasteiger partial charge in [-0.1, -0.05) is 48.9 Å². The Morgan fingerprint density at radius 3 is 2.79 bits per heavy atom. The maximum absolute atomic E-state index is 10.6. The number of carboxylic acids is 1. The molecule has 0 atom stereocenters. The first-order valence-electron chi connectivity index (χ1n) is 8.40. The summed E-state index contributed by atoms with van der Waals surface area (Å²) >= 11 is 0. The van der Waals surface area contributed by atoms with Crippen LogP contribution in [0.5, 0.6) is 0 Å². The van der Waals surface area contributed by atoms with Gasteiger partial charge in [0.1, 0.15) is 0 Å². The summed E-state index contributed by atoms with van der Waals surface area (Å²) in [6.07, 6.45) is 12.5. The summed E-state index contributed by atoms with van der Waals surface area (Å²) in [4.78, 5) is 17.3. The van der Waals surface area contributed by atoms with E-state index in [0.717, 1.165) is 44.6 Å². The molecule has 1 aromatic rings. The van der Waals surface area contributed by atoms with Crippen molar-refractivity contribution in [3.8, 4) is 0 Å². The van der Waals surface area contributed by atoms with Crippen molar-refractivity contribution in [1.82, 2.24) is 9.88 Å². The Kier molecular flexibility index (Phi) is 10.1. The summed E-state index contributed by atoms with van der Waals surface area (Å²) in [6, 6.07) is 5.96. The number of hydrogen-bond donors (Lipinski definition) is 1. The molecule has 4 nitrogen and oxygen atoms in total. The van der Waals surface area contributed by atoms with Gasteiger partial charge in [0.05, 0.1) is 5.69 Å². The van der Waals surface area contributed by atoms with Crippen molar-refractivity contribution in [3.05, 3.63) is 66.5 Å². The van der Waals surface area contributed by atoms with E-state index in [-0.39, 0.29) is 6.42 Å². The number of aromatic nitrogens is 1. The largest absolute Gasteiger partial charge is 0.481 e. The molecule has 0 saturated heterocycles. The number of aliphatic carboxylic acids is 1. The van der Waals surface area contributed by atoms with Crippen LogP contribution in [-0.4, -0.2) is 34.0 Å². The molecule has 130 valence electrons. The monoisotopic (exact) mass is 328 g/mol. The Bertz CT molecular complexity index is 550. The van der Waals surface area contributed by atoms with Crippen LogP contribution in [0.25, 0.3) is 0 Å². The number of allylic oxidation sites excluding steroid dienone is 4. The highest BCUT2D eigenvalue weighted by Gasteiger charge is 2.07. The standard InChI is InChI=1S/C20H28N2O2/c1-3-4-6-11-18(2)16-22(15-10-5-7-13-20(23)24)17-19-12-8-9-14-21-19/h3-4,6,8-9,11-12,14H,1,5,7,10,13,15-17H2,2H3,(H,23,24)/b6-4-,18-11+. The molecular formula is C20H28N2O2. The van der Waals surface area contributed by atoms with Crippen LogP contribution >= 0.6 is 0 Å². The van der Waals surface area contributed by atoms with Gasteiger partial charge in [0, 0.05) is 25.7 Å². The molecular weight excluding hydrogens is 300 g/mol. The van der Waals surface area contributed by atoms with Crippen LogP contribution in [0.1, 0.15) is 38.3 Å². The number of pyridine rings is 1. The van der Waals surface area contributed by atoms with Crippen LogP contribution in [0.15, 0.2) is 60.9 Å². The molecule has 0 saturated carbocycles. The lowest BCUT2D eigenvalue weighted by Crippen LogP contribution is -2.26. The second kappa shape index (κ2) is 12.3. The average molecular weight is 328 g/mol. The van der Waals surface area contributed by atoms with Crippen molar-refractivity contribution in [2.75, 3.05) is 13.1 Å². The van der Waals surface area contributed by atoms with Gasteiger partial charge in [-0.25, -0.2) is 0 Å². The first-order chi connectivity index (χ1) is 11.6. The van der Waals surface area contributed by atoms with Gasteiger partial charge in [-0.15, -0.1) is 0 Å². The highest BCUT2D eigenvalue weighted by Crippen LogP contribution is 2.09. The van der Waals surface area contributed by atoms with Crippen molar-refractivity contribution in [3.63, 3.8) is 0 Å². The van der Waals surface area contributed by atoms with E-state index in [1.165, 1.54) is 5.57 Å². The Balaban J connectivity index is 2.54. The molecule has 1 N–H and O–H groups in total. The summed E-state index contributed by atoms with van der Waals surface area (Å²) in [5, 5.41) is 8.70. The fraction of sp³-hybridized carbons (Fsp3) is 0.400. The van der Waals surface area contributed by atoms with Crippen molar-refractivity contribution < 1.29 is 9.90 Å². The van der Waals surface area contributed by atoms with E-state index < -0.39 is 5.97 Å². The van der Waals surface area contributed by atoms with Gasteiger partial charge in [0.2, 0.25) is 0 Å². The molecule has 0 spiro atoms. The molecule has 0 aliphatic rings. The summed E-state index contributed by atoms with van der Waals surface area (Å²) in [7, 11) is 0. The molecule has 0 bridgehead atoms. The smallest absolute Gasteiger partial charge is 0.303 e. The average Bonchev–Trinajstić information content (AvgIpc) is 2.55. The Labute approximate surface area is 145 Å². The SMILES string of the molecule is C=C/C=C\C=C(/C)CN(CCCCCC(=O)O)Cc1ccccn1. The third-order valence-electron chi connectivity index (χ3n) is 3.58. The lowest BCUT2D eigenvalue weighted by Gasteiger charge is -2.22. The number of nitrogens with zero attached hydrogens (tertiary/aromatic N) is 2. The molecule has 0 radical (unpaired) electrons. The molecule has 0 aliphatic heterocycles. The van der Waals surface area contributed by atoms with E-state index in [2.05, 4.69) is 29.5 Å². The molecule has 0 amide bonds. The number of unbranched alkanes of at least 4 members (excludes halogenated alkanes) is 2. The van der Waals surface area contributed by atoms with Gasteiger partial charge in [0.25, 0.3) is 0 Å². The summed E-state index contributed by atoms with van der Waals surface area (Å²) < 4.78 is 0. The maximum Gasteiger partial charge on any atom is 0.303 e. The third kappa shape index (κ3) is 9.74. The van der Waals surface area contributed by atoms with Crippen molar-refractivity contribution in [2.24, 2.45) is 0 Å².